The van der Waals surface area contributed by atoms with E-state index >= 15 is 0 Å². The van der Waals surface area contributed by atoms with Crippen LogP contribution in [0.25, 0.3) is 0 Å². The Morgan fingerprint density at radius 1 is 1.44 bits per heavy atom. The fraction of sp³-hybridized carbons (Fsp3) is 0.429. The monoisotopic (exact) mass is 124 g/mol. The van der Waals surface area contributed by atoms with Crippen LogP contribution in [0.5, 0.6) is 0 Å². The third-order valence-electron chi connectivity index (χ3n) is 1.47. The Morgan fingerprint density at radius 2 is 2.22 bits per heavy atom. The Morgan fingerprint density at radius 3 is 2.56 bits per heavy atom. The highest BCUT2D eigenvalue weighted by atomic mass is 14.8. The van der Waals surface area contributed by atoms with Gasteiger partial charge in [-0.1, -0.05) is 18.2 Å². The molecule has 0 saturated heterocycles. The average molecular weight is 124 g/mol. The van der Waals surface area contributed by atoms with E-state index < -0.39 is 0 Å². The first-order chi connectivity index (χ1) is 4.30. The van der Waals surface area contributed by atoms with Gasteiger partial charge in [-0.25, -0.2) is 0 Å². The van der Waals surface area contributed by atoms with Gasteiger partial charge in [-0.3, -0.25) is 0 Å². The number of allylic oxidation sites excluding steroid dienone is 3. The zero-order valence-corrected chi connectivity index (χ0v) is 5.38. The summed E-state index contributed by atoms with van der Waals surface area (Å²) in [4.78, 5) is 0. The molecule has 2 heteroatoms. The third kappa shape index (κ3) is 1.66. The standard InChI is InChI=1S/C7H12N2/c8-7(9)6-4-2-1-3-5-6/h1-2,4,7H,3,5,8-9H2. The molecule has 0 heterocycles. The molecule has 4 N–H and O–H groups in total. The van der Waals surface area contributed by atoms with E-state index in [-0.39, 0.29) is 6.17 Å². The minimum Gasteiger partial charge on any atom is -0.313 e. The molecule has 0 aromatic carbocycles. The van der Waals surface area contributed by atoms with Crippen LogP contribution in [0.15, 0.2) is 23.8 Å². The second-order valence-corrected chi connectivity index (χ2v) is 2.23. The van der Waals surface area contributed by atoms with Gasteiger partial charge in [0.25, 0.3) is 0 Å². The quantitative estimate of drug-likeness (QED) is 0.500. The van der Waals surface area contributed by atoms with Gasteiger partial charge in [0.2, 0.25) is 0 Å². The maximum atomic E-state index is 5.44. The van der Waals surface area contributed by atoms with E-state index in [1.165, 1.54) is 0 Å². The number of nitrogens with two attached hydrogens (primary N) is 2. The molecule has 1 rings (SSSR count). The van der Waals surface area contributed by atoms with Crippen molar-refractivity contribution in [2.45, 2.75) is 19.0 Å². The van der Waals surface area contributed by atoms with E-state index in [1.54, 1.807) is 0 Å². The molecule has 0 aromatic rings. The lowest BCUT2D eigenvalue weighted by atomic mass is 10.0. The summed E-state index contributed by atoms with van der Waals surface area (Å²) in [5.74, 6) is 0. The van der Waals surface area contributed by atoms with Gasteiger partial charge in [0.1, 0.15) is 0 Å². The molecule has 50 valence electrons. The fourth-order valence-electron chi connectivity index (χ4n) is 0.899. The molecule has 0 radical (unpaired) electrons. The SMILES string of the molecule is NC(N)C1=CC=CCC1. The van der Waals surface area contributed by atoms with Crippen molar-refractivity contribution in [1.82, 2.24) is 0 Å². The Kier molecular flexibility index (Phi) is 2.03. The summed E-state index contributed by atoms with van der Waals surface area (Å²) >= 11 is 0. The van der Waals surface area contributed by atoms with Gasteiger partial charge in [-0.2, -0.15) is 0 Å². The van der Waals surface area contributed by atoms with Crippen LogP contribution in [0.1, 0.15) is 12.8 Å². The number of rotatable bonds is 1. The van der Waals surface area contributed by atoms with Gasteiger partial charge >= 0.3 is 0 Å². The van der Waals surface area contributed by atoms with Gasteiger partial charge in [-0.05, 0) is 18.4 Å². The first-order valence-corrected chi connectivity index (χ1v) is 3.17. The molecule has 0 aromatic heterocycles. The first-order valence-electron chi connectivity index (χ1n) is 3.17. The summed E-state index contributed by atoms with van der Waals surface area (Å²) in [7, 11) is 0. The van der Waals surface area contributed by atoms with Crippen LogP contribution >= 0.6 is 0 Å². The van der Waals surface area contributed by atoms with Crippen molar-refractivity contribution in [1.29, 1.82) is 0 Å². The van der Waals surface area contributed by atoms with Crippen LogP contribution in [-0.2, 0) is 0 Å². The van der Waals surface area contributed by atoms with Crippen molar-refractivity contribution in [3.8, 4) is 0 Å². The van der Waals surface area contributed by atoms with Crippen molar-refractivity contribution in [2.24, 2.45) is 11.5 Å². The molecule has 0 saturated carbocycles. The van der Waals surface area contributed by atoms with Crippen molar-refractivity contribution in [2.75, 3.05) is 0 Å². The van der Waals surface area contributed by atoms with Crippen LogP contribution in [0.3, 0.4) is 0 Å². The molecule has 9 heavy (non-hydrogen) atoms. The number of hydrogen-bond acceptors (Lipinski definition) is 2. The molecule has 0 bridgehead atoms. The summed E-state index contributed by atoms with van der Waals surface area (Å²) in [6.45, 7) is 0. The predicted octanol–water partition coefficient (Wildman–Crippen LogP) is 0.506. The topological polar surface area (TPSA) is 52.0 Å². The summed E-state index contributed by atoms with van der Waals surface area (Å²) < 4.78 is 0. The zero-order valence-electron chi connectivity index (χ0n) is 5.38. The first kappa shape index (κ1) is 6.52. The van der Waals surface area contributed by atoms with Gasteiger partial charge in [0.05, 0.1) is 6.17 Å². The average Bonchev–Trinajstić information content (AvgIpc) is 1.90. The molecular weight excluding hydrogens is 112 g/mol. The van der Waals surface area contributed by atoms with E-state index in [2.05, 4.69) is 6.08 Å². The minimum atomic E-state index is -0.255. The molecule has 0 fully saturated rings. The van der Waals surface area contributed by atoms with Gasteiger partial charge < -0.3 is 11.5 Å². The largest absolute Gasteiger partial charge is 0.313 e. The Balaban J connectivity index is 2.57. The van der Waals surface area contributed by atoms with Crippen LogP contribution in [0.2, 0.25) is 0 Å². The molecule has 1 aliphatic carbocycles. The lowest BCUT2D eigenvalue weighted by molar-refractivity contribution is 0.752. The Hall–Kier alpha value is -0.600. The van der Waals surface area contributed by atoms with Crippen molar-refractivity contribution in [3.63, 3.8) is 0 Å². The molecule has 0 spiro atoms. The predicted molar refractivity (Wildman–Crippen MR) is 38.6 cm³/mol. The summed E-state index contributed by atoms with van der Waals surface area (Å²) in [6.07, 6.45) is 7.96. The molecular formula is C7H12N2. The smallest absolute Gasteiger partial charge is 0.0746 e. The minimum absolute atomic E-state index is 0.255. The van der Waals surface area contributed by atoms with Gasteiger partial charge in [-0.15, -0.1) is 0 Å². The van der Waals surface area contributed by atoms with Crippen LogP contribution in [0, 0.1) is 0 Å². The third-order valence-corrected chi connectivity index (χ3v) is 1.47. The molecule has 2 nitrogen and oxygen atoms in total. The lowest BCUT2D eigenvalue weighted by Gasteiger charge is -2.11. The normalized spacial score (nSPS) is 18.3. The zero-order chi connectivity index (χ0) is 6.69. The molecule has 1 aliphatic rings. The lowest BCUT2D eigenvalue weighted by Crippen LogP contribution is -2.32. The van der Waals surface area contributed by atoms with Crippen molar-refractivity contribution >= 4 is 0 Å². The second kappa shape index (κ2) is 2.80. The Bertz CT molecular complexity index is 145. The van der Waals surface area contributed by atoms with E-state index in [1.807, 2.05) is 12.2 Å². The van der Waals surface area contributed by atoms with Crippen molar-refractivity contribution in [3.05, 3.63) is 23.8 Å². The molecule has 0 unspecified atom stereocenters. The maximum absolute atomic E-state index is 5.44. The summed E-state index contributed by atoms with van der Waals surface area (Å²) in [6, 6.07) is 0. The highest BCUT2D eigenvalue weighted by Gasteiger charge is 2.02. The van der Waals surface area contributed by atoms with Gasteiger partial charge in [0, 0.05) is 0 Å². The van der Waals surface area contributed by atoms with Crippen LogP contribution in [-0.4, -0.2) is 6.17 Å². The van der Waals surface area contributed by atoms with E-state index in [0.717, 1.165) is 18.4 Å². The number of hydrogen-bond donors (Lipinski definition) is 2. The van der Waals surface area contributed by atoms with Crippen LogP contribution < -0.4 is 11.5 Å². The fourth-order valence-corrected chi connectivity index (χ4v) is 0.899. The van der Waals surface area contributed by atoms with Crippen molar-refractivity contribution < 1.29 is 0 Å². The molecule has 0 atom stereocenters. The maximum Gasteiger partial charge on any atom is 0.0746 e. The van der Waals surface area contributed by atoms with E-state index in [4.69, 9.17) is 11.5 Å². The van der Waals surface area contributed by atoms with E-state index in [9.17, 15) is 0 Å². The highest BCUT2D eigenvalue weighted by molar-refractivity contribution is 5.20. The second-order valence-electron chi connectivity index (χ2n) is 2.23. The summed E-state index contributed by atoms with van der Waals surface area (Å²) in [5.41, 5.74) is 12.0. The van der Waals surface area contributed by atoms with Crippen LogP contribution in [0.4, 0.5) is 0 Å². The van der Waals surface area contributed by atoms with E-state index in [0.29, 0.717) is 0 Å². The molecule has 0 aliphatic heterocycles. The highest BCUT2D eigenvalue weighted by Crippen LogP contribution is 2.11. The molecule has 0 amide bonds. The van der Waals surface area contributed by atoms with Gasteiger partial charge in [0.15, 0.2) is 0 Å². The Labute approximate surface area is 55.2 Å². The summed E-state index contributed by atoms with van der Waals surface area (Å²) in [5, 5.41) is 0.